The van der Waals surface area contributed by atoms with Crippen molar-refractivity contribution in [3.05, 3.63) is 29.6 Å². The minimum atomic E-state index is 0.460. The van der Waals surface area contributed by atoms with E-state index in [-0.39, 0.29) is 0 Å². The largest absolute Gasteiger partial charge is 0.264 e. The van der Waals surface area contributed by atoms with Crippen LogP contribution in [0.2, 0.25) is 0 Å². The molecule has 2 nitrogen and oxygen atoms in total. The average molecular weight is 160 g/mol. The van der Waals surface area contributed by atoms with Gasteiger partial charge in [-0.05, 0) is 23.1 Å². The molecule has 0 N–H and O–H groups in total. The van der Waals surface area contributed by atoms with E-state index in [9.17, 15) is 0 Å². The Kier molecular flexibility index (Phi) is 2.82. The molecule has 1 rings (SSSR count). The van der Waals surface area contributed by atoms with Gasteiger partial charge in [-0.2, -0.15) is 5.26 Å². The SMILES string of the molecule is CC(C)c1ccncc1CC#N. The van der Waals surface area contributed by atoms with Gasteiger partial charge in [-0.1, -0.05) is 13.8 Å². The molecule has 1 heterocycles. The normalized spacial score (nSPS) is 9.83. The molecule has 0 atom stereocenters. The number of hydrogen-bond donors (Lipinski definition) is 0. The van der Waals surface area contributed by atoms with Crippen LogP contribution in [-0.4, -0.2) is 4.98 Å². The minimum absolute atomic E-state index is 0.460. The number of nitriles is 1. The van der Waals surface area contributed by atoms with E-state index in [0.717, 1.165) is 5.56 Å². The van der Waals surface area contributed by atoms with Gasteiger partial charge in [0.15, 0.2) is 0 Å². The summed E-state index contributed by atoms with van der Waals surface area (Å²) in [5, 5.41) is 8.55. The molecule has 0 unspecified atom stereocenters. The van der Waals surface area contributed by atoms with Crippen LogP contribution in [0.5, 0.6) is 0 Å². The Morgan fingerprint density at radius 1 is 1.58 bits per heavy atom. The van der Waals surface area contributed by atoms with Crippen LogP contribution >= 0.6 is 0 Å². The van der Waals surface area contributed by atoms with Crippen LogP contribution in [0, 0.1) is 11.3 Å². The molecule has 12 heavy (non-hydrogen) atoms. The molecule has 0 bridgehead atoms. The quantitative estimate of drug-likeness (QED) is 0.665. The second-order valence-corrected chi connectivity index (χ2v) is 3.06. The predicted octanol–water partition coefficient (Wildman–Crippen LogP) is 2.27. The number of pyridine rings is 1. The van der Waals surface area contributed by atoms with Crippen molar-refractivity contribution in [3.63, 3.8) is 0 Å². The molecule has 0 radical (unpaired) electrons. The highest BCUT2D eigenvalue weighted by Gasteiger charge is 2.04. The summed E-state index contributed by atoms with van der Waals surface area (Å²) in [4.78, 5) is 4.00. The lowest BCUT2D eigenvalue weighted by molar-refractivity contribution is 0.846. The van der Waals surface area contributed by atoms with E-state index in [4.69, 9.17) is 5.26 Å². The molecule has 0 aliphatic heterocycles. The van der Waals surface area contributed by atoms with E-state index in [1.165, 1.54) is 5.56 Å². The summed E-state index contributed by atoms with van der Waals surface area (Å²) >= 11 is 0. The smallest absolute Gasteiger partial charge is 0.0670 e. The maximum atomic E-state index is 8.55. The van der Waals surface area contributed by atoms with E-state index in [0.29, 0.717) is 12.3 Å². The lowest BCUT2D eigenvalue weighted by Crippen LogP contribution is -1.95. The van der Waals surface area contributed by atoms with Crippen LogP contribution in [-0.2, 0) is 6.42 Å². The molecule has 0 spiro atoms. The van der Waals surface area contributed by atoms with Crippen molar-refractivity contribution in [2.45, 2.75) is 26.2 Å². The first-order valence-electron chi connectivity index (χ1n) is 4.05. The van der Waals surface area contributed by atoms with Gasteiger partial charge in [-0.3, -0.25) is 4.98 Å². The van der Waals surface area contributed by atoms with E-state index in [1.807, 2.05) is 6.07 Å². The molecule has 1 aromatic rings. The Morgan fingerprint density at radius 3 is 2.92 bits per heavy atom. The third kappa shape index (κ3) is 1.82. The minimum Gasteiger partial charge on any atom is -0.264 e. The molecule has 1 aromatic heterocycles. The summed E-state index contributed by atoms with van der Waals surface area (Å²) in [5.74, 6) is 0.469. The van der Waals surface area contributed by atoms with Crippen molar-refractivity contribution in [1.82, 2.24) is 4.98 Å². The van der Waals surface area contributed by atoms with Gasteiger partial charge in [0.2, 0.25) is 0 Å². The maximum Gasteiger partial charge on any atom is 0.0670 e. The number of nitrogens with zero attached hydrogens (tertiary/aromatic N) is 2. The highest BCUT2D eigenvalue weighted by Crippen LogP contribution is 2.17. The first-order chi connectivity index (χ1) is 5.75. The fourth-order valence-corrected chi connectivity index (χ4v) is 1.23. The highest BCUT2D eigenvalue weighted by atomic mass is 14.6. The summed E-state index contributed by atoms with van der Waals surface area (Å²) in [7, 11) is 0. The van der Waals surface area contributed by atoms with Gasteiger partial charge in [0, 0.05) is 12.4 Å². The zero-order valence-corrected chi connectivity index (χ0v) is 7.41. The Balaban J connectivity index is 3.02. The standard InChI is InChI=1S/C10H12N2/c1-8(2)10-4-6-12-7-9(10)3-5-11/h4,6-8H,3H2,1-2H3. The van der Waals surface area contributed by atoms with Gasteiger partial charge in [0.1, 0.15) is 0 Å². The van der Waals surface area contributed by atoms with Crippen LogP contribution in [0.15, 0.2) is 18.5 Å². The Hall–Kier alpha value is -1.36. The molecule has 0 aliphatic carbocycles. The molecule has 62 valence electrons. The Bertz CT molecular complexity index is 297. The molecule has 0 aromatic carbocycles. The summed E-state index contributed by atoms with van der Waals surface area (Å²) in [6.45, 7) is 4.24. The molecule has 0 amide bonds. The first kappa shape index (κ1) is 8.73. The second-order valence-electron chi connectivity index (χ2n) is 3.06. The van der Waals surface area contributed by atoms with E-state index in [2.05, 4.69) is 24.9 Å². The Morgan fingerprint density at radius 2 is 2.33 bits per heavy atom. The summed E-state index contributed by atoms with van der Waals surface area (Å²) in [5.41, 5.74) is 2.28. The van der Waals surface area contributed by atoms with E-state index < -0.39 is 0 Å². The molecule has 0 aliphatic rings. The van der Waals surface area contributed by atoms with Crippen LogP contribution in [0.4, 0.5) is 0 Å². The van der Waals surface area contributed by atoms with Crippen molar-refractivity contribution >= 4 is 0 Å². The molecule has 0 saturated carbocycles. The van der Waals surface area contributed by atoms with Gasteiger partial charge in [-0.15, -0.1) is 0 Å². The van der Waals surface area contributed by atoms with Crippen molar-refractivity contribution < 1.29 is 0 Å². The lowest BCUT2D eigenvalue weighted by Gasteiger charge is -2.08. The van der Waals surface area contributed by atoms with Gasteiger partial charge in [0.05, 0.1) is 12.5 Å². The summed E-state index contributed by atoms with van der Waals surface area (Å²) in [6, 6.07) is 4.12. The lowest BCUT2D eigenvalue weighted by atomic mass is 9.98. The van der Waals surface area contributed by atoms with Crippen LogP contribution in [0.3, 0.4) is 0 Å². The van der Waals surface area contributed by atoms with Crippen molar-refractivity contribution in [2.24, 2.45) is 0 Å². The van der Waals surface area contributed by atoms with Crippen LogP contribution in [0.1, 0.15) is 30.9 Å². The maximum absolute atomic E-state index is 8.55. The monoisotopic (exact) mass is 160 g/mol. The fraction of sp³-hybridized carbons (Fsp3) is 0.400. The van der Waals surface area contributed by atoms with Gasteiger partial charge < -0.3 is 0 Å². The van der Waals surface area contributed by atoms with Crippen molar-refractivity contribution in [1.29, 1.82) is 5.26 Å². The number of aromatic nitrogens is 1. The third-order valence-electron chi connectivity index (χ3n) is 1.83. The highest BCUT2D eigenvalue weighted by molar-refractivity contribution is 5.28. The van der Waals surface area contributed by atoms with Crippen molar-refractivity contribution in [2.75, 3.05) is 0 Å². The van der Waals surface area contributed by atoms with E-state index in [1.54, 1.807) is 12.4 Å². The zero-order chi connectivity index (χ0) is 8.97. The summed E-state index contributed by atoms with van der Waals surface area (Å²) in [6.07, 6.45) is 4.01. The van der Waals surface area contributed by atoms with Crippen LogP contribution < -0.4 is 0 Å². The molecule has 0 saturated heterocycles. The second kappa shape index (κ2) is 3.87. The van der Waals surface area contributed by atoms with Crippen LogP contribution in [0.25, 0.3) is 0 Å². The number of rotatable bonds is 2. The topological polar surface area (TPSA) is 36.7 Å². The third-order valence-corrected chi connectivity index (χ3v) is 1.83. The predicted molar refractivity (Wildman–Crippen MR) is 47.6 cm³/mol. The first-order valence-corrected chi connectivity index (χ1v) is 4.05. The molecule has 2 heteroatoms. The van der Waals surface area contributed by atoms with Crippen molar-refractivity contribution in [3.8, 4) is 6.07 Å². The van der Waals surface area contributed by atoms with E-state index >= 15 is 0 Å². The molecule has 0 fully saturated rings. The number of hydrogen-bond acceptors (Lipinski definition) is 2. The zero-order valence-electron chi connectivity index (χ0n) is 7.41. The molecular weight excluding hydrogens is 148 g/mol. The van der Waals surface area contributed by atoms with Gasteiger partial charge >= 0.3 is 0 Å². The fourth-order valence-electron chi connectivity index (χ4n) is 1.23. The summed E-state index contributed by atoms with van der Waals surface area (Å²) < 4.78 is 0. The average Bonchev–Trinajstić information content (AvgIpc) is 2.05. The molecular formula is C10H12N2. The van der Waals surface area contributed by atoms with Gasteiger partial charge in [0.25, 0.3) is 0 Å². The Labute approximate surface area is 72.9 Å². The van der Waals surface area contributed by atoms with Gasteiger partial charge in [-0.25, -0.2) is 0 Å².